The summed E-state index contributed by atoms with van der Waals surface area (Å²) in [5.41, 5.74) is -0.784. The Morgan fingerprint density at radius 2 is 2.08 bits per heavy atom. The number of nitrogens with one attached hydrogen (secondary N) is 1. The van der Waals surface area contributed by atoms with Crippen molar-refractivity contribution in [2.45, 2.75) is 12.6 Å². The highest BCUT2D eigenvalue weighted by molar-refractivity contribution is 7.91. The first kappa shape index (κ1) is 18.8. The highest BCUT2D eigenvalue weighted by Gasteiger charge is 2.33. The van der Waals surface area contributed by atoms with Crippen molar-refractivity contribution < 1.29 is 26.4 Å². The van der Waals surface area contributed by atoms with Gasteiger partial charge in [-0.2, -0.15) is 13.2 Å². The van der Waals surface area contributed by atoms with Crippen LogP contribution in [-0.4, -0.2) is 32.4 Å². The number of benzene rings is 1. The molecule has 24 heavy (non-hydrogen) atoms. The summed E-state index contributed by atoms with van der Waals surface area (Å²) >= 11 is 5.52. The van der Waals surface area contributed by atoms with Gasteiger partial charge in [-0.05, 0) is 36.1 Å². The zero-order valence-electron chi connectivity index (χ0n) is 12.4. The maximum atomic E-state index is 12.7. The fourth-order valence-corrected chi connectivity index (χ4v) is 4.46. The first-order valence-electron chi connectivity index (χ1n) is 7.10. The molecule has 1 aromatic rings. The molecule has 1 N–H and O–H groups in total. The van der Waals surface area contributed by atoms with E-state index in [0.29, 0.717) is 6.42 Å². The van der Waals surface area contributed by atoms with Gasteiger partial charge in [0, 0.05) is 12.6 Å². The number of alkyl halides is 3. The summed E-state index contributed by atoms with van der Waals surface area (Å²) in [6.45, 7) is 0.219. The van der Waals surface area contributed by atoms with Gasteiger partial charge in [-0.15, -0.1) is 0 Å². The molecule has 9 heteroatoms. The van der Waals surface area contributed by atoms with E-state index < -0.39 is 32.5 Å². The fourth-order valence-electron chi connectivity index (χ4n) is 2.37. The third kappa shape index (κ3) is 5.24. The van der Waals surface area contributed by atoms with E-state index in [1.165, 1.54) is 12.1 Å². The molecule has 0 spiro atoms. The minimum Gasteiger partial charge on any atom is -0.352 e. The van der Waals surface area contributed by atoms with Crippen molar-refractivity contribution in [1.82, 2.24) is 5.32 Å². The smallest absolute Gasteiger partial charge is 0.352 e. The van der Waals surface area contributed by atoms with Gasteiger partial charge in [0.05, 0.1) is 22.1 Å². The van der Waals surface area contributed by atoms with Crippen LogP contribution in [0.4, 0.5) is 13.2 Å². The Hall–Kier alpha value is -1.54. The quantitative estimate of drug-likeness (QED) is 0.816. The zero-order chi connectivity index (χ0) is 18.0. The molecule has 1 aromatic carbocycles. The first-order valence-corrected chi connectivity index (χ1v) is 9.30. The van der Waals surface area contributed by atoms with Crippen molar-refractivity contribution in [2.24, 2.45) is 5.92 Å². The van der Waals surface area contributed by atoms with Crippen LogP contribution in [0.5, 0.6) is 0 Å². The van der Waals surface area contributed by atoms with Gasteiger partial charge >= 0.3 is 6.18 Å². The third-order valence-corrected chi connectivity index (χ3v) is 5.78. The fraction of sp³-hybridized carbons (Fsp3) is 0.400. The lowest BCUT2D eigenvalue weighted by Gasteiger charge is -2.09. The summed E-state index contributed by atoms with van der Waals surface area (Å²) < 4.78 is 60.9. The lowest BCUT2D eigenvalue weighted by Crippen LogP contribution is -2.28. The molecule has 0 aliphatic carbocycles. The molecule has 1 saturated heterocycles. The van der Waals surface area contributed by atoms with Crippen molar-refractivity contribution in [1.29, 1.82) is 0 Å². The number of halogens is 4. The monoisotopic (exact) mass is 381 g/mol. The Morgan fingerprint density at radius 1 is 1.38 bits per heavy atom. The number of hydrogen-bond acceptors (Lipinski definition) is 3. The third-order valence-electron chi connectivity index (χ3n) is 3.61. The molecule has 1 fully saturated rings. The highest BCUT2D eigenvalue weighted by atomic mass is 35.5. The highest BCUT2D eigenvalue weighted by Crippen LogP contribution is 2.35. The average molecular weight is 382 g/mol. The summed E-state index contributed by atoms with van der Waals surface area (Å²) in [4.78, 5) is 11.7. The van der Waals surface area contributed by atoms with Crippen molar-refractivity contribution >= 4 is 33.4 Å². The standard InChI is InChI=1S/C15H15ClF3NO3S/c16-13-3-1-10(7-12(13)15(17,18)19)2-4-14(21)20-8-11-5-6-24(22,23)9-11/h1-4,7,11H,5-6,8-9H2,(H,20,21)/b4-2+/t11-/m1/s1. The maximum absolute atomic E-state index is 12.7. The van der Waals surface area contributed by atoms with Crippen LogP contribution < -0.4 is 5.32 Å². The van der Waals surface area contributed by atoms with E-state index >= 15 is 0 Å². The molecule has 1 aliphatic heterocycles. The summed E-state index contributed by atoms with van der Waals surface area (Å²) in [5, 5.41) is 2.14. The Kier molecular flexibility index (Phi) is 5.59. The van der Waals surface area contributed by atoms with Gasteiger partial charge in [0.1, 0.15) is 0 Å². The minimum atomic E-state index is -4.57. The molecule has 132 valence electrons. The van der Waals surface area contributed by atoms with Crippen LogP contribution in [-0.2, 0) is 20.8 Å². The topological polar surface area (TPSA) is 63.2 Å². The van der Waals surface area contributed by atoms with E-state index in [2.05, 4.69) is 5.32 Å². The van der Waals surface area contributed by atoms with Crippen LogP contribution in [0.2, 0.25) is 5.02 Å². The van der Waals surface area contributed by atoms with Crippen LogP contribution in [0.1, 0.15) is 17.5 Å². The number of carbonyl (C=O) groups excluding carboxylic acids is 1. The SMILES string of the molecule is O=C(/C=C/c1ccc(Cl)c(C(F)(F)F)c1)NC[C@H]1CCS(=O)(=O)C1. The molecule has 1 amide bonds. The molecule has 0 radical (unpaired) electrons. The molecule has 1 heterocycles. The summed E-state index contributed by atoms with van der Waals surface area (Å²) in [6, 6.07) is 3.34. The zero-order valence-corrected chi connectivity index (χ0v) is 14.0. The van der Waals surface area contributed by atoms with E-state index in [4.69, 9.17) is 11.6 Å². The predicted molar refractivity (Wildman–Crippen MR) is 85.3 cm³/mol. The van der Waals surface area contributed by atoms with Gasteiger partial charge in [0.25, 0.3) is 0 Å². The second-order valence-electron chi connectivity index (χ2n) is 5.58. The predicted octanol–water partition coefficient (Wildman–Crippen LogP) is 2.92. The molecule has 1 atom stereocenters. The molecule has 2 rings (SSSR count). The van der Waals surface area contributed by atoms with Crippen LogP contribution in [0.3, 0.4) is 0 Å². The van der Waals surface area contributed by atoms with E-state index in [-0.39, 0.29) is 29.5 Å². The first-order chi connectivity index (χ1) is 11.1. The van der Waals surface area contributed by atoms with E-state index in [1.807, 2.05) is 0 Å². The number of amides is 1. The molecular formula is C15H15ClF3NO3S. The van der Waals surface area contributed by atoms with Crippen molar-refractivity contribution in [3.05, 3.63) is 40.4 Å². The van der Waals surface area contributed by atoms with Crippen LogP contribution in [0.25, 0.3) is 6.08 Å². The van der Waals surface area contributed by atoms with Crippen molar-refractivity contribution in [3.8, 4) is 0 Å². The second-order valence-corrected chi connectivity index (χ2v) is 8.22. The van der Waals surface area contributed by atoms with Gasteiger partial charge < -0.3 is 5.32 Å². The van der Waals surface area contributed by atoms with Crippen molar-refractivity contribution in [3.63, 3.8) is 0 Å². The second kappa shape index (κ2) is 7.14. The van der Waals surface area contributed by atoms with Crippen LogP contribution in [0, 0.1) is 5.92 Å². The molecule has 4 nitrogen and oxygen atoms in total. The van der Waals surface area contributed by atoms with Gasteiger partial charge in [0.2, 0.25) is 5.91 Å². The number of rotatable bonds is 4. The Labute approximate surface area is 142 Å². The summed E-state index contributed by atoms with van der Waals surface area (Å²) in [6.07, 6.45) is -1.73. The molecule has 0 bridgehead atoms. The van der Waals surface area contributed by atoms with Crippen LogP contribution in [0.15, 0.2) is 24.3 Å². The summed E-state index contributed by atoms with van der Waals surface area (Å²) in [5.74, 6) is -0.458. The molecule has 0 saturated carbocycles. The van der Waals surface area contributed by atoms with E-state index in [9.17, 15) is 26.4 Å². The number of carbonyl (C=O) groups is 1. The minimum absolute atomic E-state index is 0.0448. The molecular weight excluding hydrogens is 367 g/mol. The Morgan fingerprint density at radius 3 is 2.67 bits per heavy atom. The molecule has 1 aliphatic rings. The largest absolute Gasteiger partial charge is 0.417 e. The van der Waals surface area contributed by atoms with Crippen LogP contribution >= 0.6 is 11.6 Å². The van der Waals surface area contributed by atoms with E-state index in [0.717, 1.165) is 18.2 Å². The normalized spacial score (nSPS) is 20.4. The summed E-state index contributed by atoms with van der Waals surface area (Å²) in [7, 11) is -3.01. The van der Waals surface area contributed by atoms with Crippen molar-refractivity contribution in [2.75, 3.05) is 18.1 Å². The number of hydrogen-bond donors (Lipinski definition) is 1. The van der Waals surface area contributed by atoms with E-state index in [1.54, 1.807) is 0 Å². The Balaban J connectivity index is 1.94. The van der Waals surface area contributed by atoms with Gasteiger partial charge in [0.15, 0.2) is 9.84 Å². The Bertz CT molecular complexity index is 760. The lowest BCUT2D eigenvalue weighted by molar-refractivity contribution is -0.137. The average Bonchev–Trinajstić information content (AvgIpc) is 2.82. The van der Waals surface area contributed by atoms with Gasteiger partial charge in [-0.25, -0.2) is 8.42 Å². The molecule has 0 aromatic heterocycles. The molecule has 0 unspecified atom stereocenters. The number of sulfone groups is 1. The maximum Gasteiger partial charge on any atom is 0.417 e. The lowest BCUT2D eigenvalue weighted by atomic mass is 10.1. The van der Waals surface area contributed by atoms with Gasteiger partial charge in [-0.3, -0.25) is 4.79 Å². The van der Waals surface area contributed by atoms with Gasteiger partial charge in [-0.1, -0.05) is 17.7 Å².